The molecule has 0 amide bonds. The fraction of sp³-hybridized carbons (Fsp3) is 0.800. The van der Waals surface area contributed by atoms with E-state index in [-0.39, 0.29) is 1.43 Å². The molecule has 0 aromatic heterocycles. The summed E-state index contributed by atoms with van der Waals surface area (Å²) in [6.45, 7) is 9.32. The van der Waals surface area contributed by atoms with Crippen LogP contribution in [-0.2, 0) is 0 Å². The highest BCUT2D eigenvalue weighted by Crippen LogP contribution is 2.19. The van der Waals surface area contributed by atoms with Crippen LogP contribution in [0.3, 0.4) is 0 Å². The summed E-state index contributed by atoms with van der Waals surface area (Å²) >= 11 is 7.12. The lowest BCUT2D eigenvalue weighted by molar-refractivity contribution is 0.613. The third kappa shape index (κ3) is 3.99. The van der Waals surface area contributed by atoms with Gasteiger partial charge in [0.15, 0.2) is 10.3 Å². The quantitative estimate of drug-likeness (QED) is 0.758. The zero-order valence-corrected chi connectivity index (χ0v) is 11.4. The molecule has 0 radical (unpaired) electrons. The van der Waals surface area contributed by atoms with Crippen LogP contribution in [0.1, 0.15) is 29.1 Å². The molecule has 0 unspecified atom stereocenters. The molecule has 0 aromatic carbocycles. The Balaban J connectivity index is 0.00000225. The van der Waals surface area contributed by atoms with Crippen LogP contribution < -0.4 is 5.32 Å². The number of thioether (sulfide) groups is 1. The third-order valence-electron chi connectivity index (χ3n) is 1.80. The van der Waals surface area contributed by atoms with E-state index in [0.29, 0.717) is 12.1 Å². The first-order valence-electron chi connectivity index (χ1n) is 5.29. The summed E-state index contributed by atoms with van der Waals surface area (Å²) in [7, 11) is 0. The molecule has 5 heteroatoms. The summed E-state index contributed by atoms with van der Waals surface area (Å²) in [5.74, 6) is 1.07. The molecule has 1 rings (SSSR count). The maximum absolute atomic E-state index is 5.34. The van der Waals surface area contributed by atoms with Gasteiger partial charge in [0.1, 0.15) is 0 Å². The molecule has 1 heterocycles. The molecule has 1 aliphatic rings. The van der Waals surface area contributed by atoms with Gasteiger partial charge in [-0.1, -0.05) is 11.8 Å². The Hall–Kier alpha value is -0.290. The van der Waals surface area contributed by atoms with Gasteiger partial charge in [0.05, 0.1) is 0 Å². The smallest absolute Gasteiger partial charge is 0.175 e. The molecule has 0 spiro atoms. The molecule has 0 saturated carbocycles. The first-order chi connectivity index (χ1) is 7.00. The van der Waals surface area contributed by atoms with E-state index in [0.717, 1.165) is 22.6 Å². The van der Waals surface area contributed by atoms with E-state index >= 15 is 0 Å². The van der Waals surface area contributed by atoms with Crippen LogP contribution in [0.15, 0.2) is 4.99 Å². The molecule has 1 aliphatic heterocycles. The molecule has 0 aromatic rings. The lowest BCUT2D eigenvalue weighted by Gasteiger charge is -2.22. The Labute approximate surface area is 103 Å². The van der Waals surface area contributed by atoms with E-state index in [1.54, 1.807) is 11.8 Å². The summed E-state index contributed by atoms with van der Waals surface area (Å²) in [5.41, 5.74) is 0. The molecule has 88 valence electrons. The molecule has 1 N–H and O–H groups in total. The molecule has 15 heavy (non-hydrogen) atoms. The maximum atomic E-state index is 5.34. The van der Waals surface area contributed by atoms with Crippen molar-refractivity contribution in [3.8, 4) is 0 Å². The van der Waals surface area contributed by atoms with Gasteiger partial charge >= 0.3 is 0 Å². The van der Waals surface area contributed by atoms with Gasteiger partial charge in [-0.2, -0.15) is 0 Å². The number of rotatable bonds is 2. The number of amidine groups is 1. The molecule has 0 aliphatic carbocycles. The lowest BCUT2D eigenvalue weighted by atomic mass is 10.4. The van der Waals surface area contributed by atoms with Crippen LogP contribution in [0.25, 0.3) is 0 Å². The highest BCUT2D eigenvalue weighted by atomic mass is 32.2. The van der Waals surface area contributed by atoms with E-state index < -0.39 is 0 Å². The van der Waals surface area contributed by atoms with E-state index in [1.807, 2.05) is 0 Å². The zero-order valence-electron chi connectivity index (χ0n) is 9.78. The van der Waals surface area contributed by atoms with Gasteiger partial charge in [-0.25, -0.2) is 0 Å². The van der Waals surface area contributed by atoms with Gasteiger partial charge < -0.3 is 5.32 Å². The largest absolute Gasteiger partial charge is 0.360 e. The van der Waals surface area contributed by atoms with E-state index in [9.17, 15) is 0 Å². The highest BCUT2D eigenvalue weighted by Gasteiger charge is 2.23. The van der Waals surface area contributed by atoms with Crippen molar-refractivity contribution in [1.82, 2.24) is 10.2 Å². The van der Waals surface area contributed by atoms with Gasteiger partial charge in [0.25, 0.3) is 0 Å². The Morgan fingerprint density at radius 2 is 2.20 bits per heavy atom. The lowest BCUT2D eigenvalue weighted by Crippen LogP contribution is -2.43. The zero-order chi connectivity index (χ0) is 11.4. The average Bonchev–Trinajstić information content (AvgIpc) is 2.49. The van der Waals surface area contributed by atoms with Crippen LogP contribution in [0, 0.1) is 0 Å². The van der Waals surface area contributed by atoms with Gasteiger partial charge in [-0.3, -0.25) is 9.89 Å². The second-order valence-corrected chi connectivity index (χ2v) is 5.56. The SMILES string of the molecule is CC(C)N=C1SCCN1C(=S)NC(C)C.[HH]. The van der Waals surface area contributed by atoms with E-state index in [1.165, 1.54) is 0 Å². The fourth-order valence-electron chi connectivity index (χ4n) is 1.24. The molecular formula is C10H21N3S2. The average molecular weight is 247 g/mol. The van der Waals surface area contributed by atoms with Crippen molar-refractivity contribution in [2.45, 2.75) is 39.8 Å². The second kappa shape index (κ2) is 5.70. The van der Waals surface area contributed by atoms with E-state index in [4.69, 9.17) is 12.2 Å². The van der Waals surface area contributed by atoms with Crippen molar-refractivity contribution >= 4 is 34.3 Å². The summed E-state index contributed by atoms with van der Waals surface area (Å²) in [4.78, 5) is 6.66. The minimum absolute atomic E-state index is 0. The van der Waals surface area contributed by atoms with Crippen molar-refractivity contribution < 1.29 is 1.43 Å². The molecule has 1 saturated heterocycles. The number of aliphatic imine (C=N–C) groups is 1. The van der Waals surface area contributed by atoms with Gasteiger partial charge in [0.2, 0.25) is 0 Å². The first kappa shape index (κ1) is 12.8. The third-order valence-corrected chi connectivity index (χ3v) is 3.11. The maximum Gasteiger partial charge on any atom is 0.175 e. The molecular weight excluding hydrogens is 226 g/mol. The summed E-state index contributed by atoms with van der Waals surface area (Å²) < 4.78 is 0. The number of nitrogens with one attached hydrogen (secondary N) is 1. The molecule has 3 nitrogen and oxygen atoms in total. The number of thiocarbonyl (C=S) groups is 1. The Kier molecular flexibility index (Phi) is 4.86. The summed E-state index contributed by atoms with van der Waals surface area (Å²) in [6, 6.07) is 0.707. The topological polar surface area (TPSA) is 27.6 Å². The predicted octanol–water partition coefficient (Wildman–Crippen LogP) is 2.33. The fourth-order valence-corrected chi connectivity index (χ4v) is 2.79. The number of hydrogen-bond donors (Lipinski definition) is 1. The van der Waals surface area contributed by atoms with E-state index in [2.05, 4.69) is 42.9 Å². The Bertz CT molecular complexity index is 267. The van der Waals surface area contributed by atoms with Crippen LogP contribution >= 0.6 is 24.0 Å². The molecule has 0 bridgehead atoms. The molecule has 1 fully saturated rings. The standard InChI is InChI=1S/C10H19N3S2.H2/c1-7(2)11-9(14)13-5-6-15-10(13)12-8(3)4;/h7-8H,5-6H2,1-4H3,(H,11,14);1H. The molecule has 0 atom stereocenters. The minimum Gasteiger partial charge on any atom is -0.360 e. The highest BCUT2D eigenvalue weighted by molar-refractivity contribution is 8.14. The first-order valence-corrected chi connectivity index (χ1v) is 6.68. The Morgan fingerprint density at radius 1 is 1.53 bits per heavy atom. The summed E-state index contributed by atoms with van der Waals surface area (Å²) in [5, 5.41) is 5.11. The summed E-state index contributed by atoms with van der Waals surface area (Å²) in [6.07, 6.45) is 0. The van der Waals surface area contributed by atoms with Crippen LogP contribution in [0.2, 0.25) is 0 Å². The van der Waals surface area contributed by atoms with Gasteiger partial charge in [0, 0.05) is 25.8 Å². The van der Waals surface area contributed by atoms with Gasteiger partial charge in [-0.05, 0) is 39.9 Å². The van der Waals surface area contributed by atoms with Crippen molar-refractivity contribution in [1.29, 1.82) is 0 Å². The van der Waals surface area contributed by atoms with Crippen molar-refractivity contribution in [3.63, 3.8) is 0 Å². The van der Waals surface area contributed by atoms with Crippen LogP contribution in [0.4, 0.5) is 0 Å². The number of nitrogens with zero attached hydrogens (tertiary/aromatic N) is 2. The Morgan fingerprint density at radius 3 is 2.73 bits per heavy atom. The van der Waals surface area contributed by atoms with Crippen LogP contribution in [-0.4, -0.2) is 39.6 Å². The monoisotopic (exact) mass is 247 g/mol. The van der Waals surface area contributed by atoms with Crippen molar-refractivity contribution in [3.05, 3.63) is 0 Å². The number of hydrogen-bond acceptors (Lipinski definition) is 3. The van der Waals surface area contributed by atoms with Crippen molar-refractivity contribution in [2.24, 2.45) is 4.99 Å². The van der Waals surface area contributed by atoms with Crippen molar-refractivity contribution in [2.75, 3.05) is 12.3 Å². The normalized spacial score (nSPS) is 19.3. The predicted molar refractivity (Wildman–Crippen MR) is 74.7 cm³/mol. The van der Waals surface area contributed by atoms with Crippen LogP contribution in [0.5, 0.6) is 0 Å². The van der Waals surface area contributed by atoms with Gasteiger partial charge in [-0.15, -0.1) is 0 Å². The minimum atomic E-state index is 0. The second-order valence-electron chi connectivity index (χ2n) is 4.11.